The molecule has 0 spiro atoms. The number of aromatic nitrogens is 3. The summed E-state index contributed by atoms with van der Waals surface area (Å²) < 4.78 is 6.75. The number of methoxy groups -OCH3 is 1. The van der Waals surface area contributed by atoms with Crippen molar-refractivity contribution in [2.75, 3.05) is 46.4 Å². The molecule has 0 aliphatic carbocycles. The normalized spacial score (nSPS) is 14.8. The predicted molar refractivity (Wildman–Crippen MR) is 98.7 cm³/mol. The van der Waals surface area contributed by atoms with Crippen molar-refractivity contribution in [1.82, 2.24) is 29.9 Å². The van der Waals surface area contributed by atoms with Crippen molar-refractivity contribution >= 4 is 11.8 Å². The number of piperazine rings is 1. The van der Waals surface area contributed by atoms with Crippen molar-refractivity contribution in [3.05, 3.63) is 41.9 Å². The van der Waals surface area contributed by atoms with Gasteiger partial charge in [-0.15, -0.1) is 5.10 Å². The maximum Gasteiger partial charge on any atom is 0.261 e. The van der Waals surface area contributed by atoms with Gasteiger partial charge in [0.15, 0.2) is 0 Å². The summed E-state index contributed by atoms with van der Waals surface area (Å²) in [5.74, 6) is 0.184. The van der Waals surface area contributed by atoms with E-state index in [9.17, 15) is 9.59 Å². The highest BCUT2D eigenvalue weighted by atomic mass is 16.5. The summed E-state index contributed by atoms with van der Waals surface area (Å²) >= 11 is 0. The lowest BCUT2D eigenvalue weighted by Gasteiger charge is -2.34. The van der Waals surface area contributed by atoms with Crippen LogP contribution in [0.3, 0.4) is 0 Å². The summed E-state index contributed by atoms with van der Waals surface area (Å²) in [4.78, 5) is 32.6. The Morgan fingerprint density at radius 3 is 2.56 bits per heavy atom. The van der Waals surface area contributed by atoms with Gasteiger partial charge in [-0.25, -0.2) is 0 Å². The third kappa shape index (κ3) is 4.62. The lowest BCUT2D eigenvalue weighted by atomic mass is 10.2. The number of amides is 2. The van der Waals surface area contributed by atoms with Crippen molar-refractivity contribution in [3.8, 4) is 5.88 Å². The van der Waals surface area contributed by atoms with Crippen LogP contribution >= 0.6 is 0 Å². The quantitative estimate of drug-likeness (QED) is 0.768. The minimum Gasteiger partial charge on any atom is -0.479 e. The van der Waals surface area contributed by atoms with Crippen LogP contribution in [0.2, 0.25) is 0 Å². The first-order valence-electron chi connectivity index (χ1n) is 8.86. The summed E-state index contributed by atoms with van der Waals surface area (Å²) in [6.45, 7) is 4.10. The zero-order valence-corrected chi connectivity index (χ0v) is 15.6. The van der Waals surface area contributed by atoms with Gasteiger partial charge in [-0.05, 0) is 12.1 Å². The molecule has 0 atom stereocenters. The van der Waals surface area contributed by atoms with Crippen molar-refractivity contribution in [2.24, 2.45) is 7.05 Å². The van der Waals surface area contributed by atoms with E-state index in [1.807, 2.05) is 4.90 Å². The molecule has 1 N–H and O–H groups in total. The van der Waals surface area contributed by atoms with Crippen LogP contribution in [0.15, 0.2) is 30.7 Å². The molecule has 1 fully saturated rings. The standard InChI is InChI=1S/C18H24N6O3/c1-22-13-15(17(21-22)27-2)18(26)24-11-9-23(10-12-24)8-7-20-16(25)14-3-5-19-6-4-14/h3-6,13H,7-12H2,1-2H3,(H,20,25). The molecule has 2 aromatic heterocycles. The first-order chi connectivity index (χ1) is 13.1. The fourth-order valence-electron chi connectivity index (χ4n) is 3.04. The minimum atomic E-state index is -0.102. The molecular formula is C18H24N6O3. The second kappa shape index (κ2) is 8.63. The maximum atomic E-state index is 12.7. The number of ether oxygens (including phenoxy) is 1. The van der Waals surface area contributed by atoms with E-state index in [4.69, 9.17) is 4.74 Å². The predicted octanol–water partition coefficient (Wildman–Crippen LogP) is 0.0115. The van der Waals surface area contributed by atoms with Gasteiger partial charge in [-0.1, -0.05) is 0 Å². The molecule has 1 saturated heterocycles. The summed E-state index contributed by atoms with van der Waals surface area (Å²) in [6.07, 6.45) is 4.88. The largest absolute Gasteiger partial charge is 0.479 e. The minimum absolute atomic E-state index is 0.0643. The van der Waals surface area contributed by atoms with Gasteiger partial charge in [-0.2, -0.15) is 0 Å². The summed E-state index contributed by atoms with van der Waals surface area (Å²) in [6, 6.07) is 3.37. The Labute approximate surface area is 157 Å². The Kier molecular flexibility index (Phi) is 6.02. The van der Waals surface area contributed by atoms with Crippen LogP contribution in [0.4, 0.5) is 0 Å². The highest BCUT2D eigenvalue weighted by Gasteiger charge is 2.26. The molecule has 9 nitrogen and oxygen atoms in total. The molecule has 2 aromatic rings. The van der Waals surface area contributed by atoms with Crippen LogP contribution in [0, 0.1) is 0 Å². The third-order valence-corrected chi connectivity index (χ3v) is 4.53. The Balaban J connectivity index is 1.43. The third-order valence-electron chi connectivity index (χ3n) is 4.53. The van der Waals surface area contributed by atoms with Crippen molar-refractivity contribution in [2.45, 2.75) is 0 Å². The fourth-order valence-corrected chi connectivity index (χ4v) is 3.04. The van der Waals surface area contributed by atoms with Gasteiger partial charge < -0.3 is 15.0 Å². The van der Waals surface area contributed by atoms with E-state index in [2.05, 4.69) is 20.3 Å². The summed E-state index contributed by atoms with van der Waals surface area (Å²) in [5.41, 5.74) is 1.09. The van der Waals surface area contributed by atoms with E-state index in [-0.39, 0.29) is 11.8 Å². The van der Waals surface area contributed by atoms with E-state index < -0.39 is 0 Å². The highest BCUT2D eigenvalue weighted by molar-refractivity contribution is 5.96. The first-order valence-corrected chi connectivity index (χ1v) is 8.86. The van der Waals surface area contributed by atoms with Crippen LogP contribution < -0.4 is 10.1 Å². The molecule has 2 amide bonds. The van der Waals surface area contributed by atoms with E-state index in [0.29, 0.717) is 36.6 Å². The van der Waals surface area contributed by atoms with Gasteiger partial charge in [0.25, 0.3) is 11.8 Å². The molecule has 3 heterocycles. The van der Waals surface area contributed by atoms with Crippen LogP contribution in [-0.2, 0) is 7.05 Å². The number of aryl methyl sites for hydroxylation is 1. The van der Waals surface area contributed by atoms with E-state index in [0.717, 1.165) is 19.6 Å². The number of hydrogen-bond acceptors (Lipinski definition) is 6. The van der Waals surface area contributed by atoms with Crippen LogP contribution in [0.1, 0.15) is 20.7 Å². The Morgan fingerprint density at radius 2 is 1.89 bits per heavy atom. The smallest absolute Gasteiger partial charge is 0.261 e. The number of nitrogens with zero attached hydrogens (tertiary/aromatic N) is 5. The zero-order chi connectivity index (χ0) is 19.2. The number of rotatable bonds is 6. The second-order valence-electron chi connectivity index (χ2n) is 6.35. The molecule has 1 aliphatic rings. The van der Waals surface area contributed by atoms with Crippen molar-refractivity contribution in [1.29, 1.82) is 0 Å². The van der Waals surface area contributed by atoms with Gasteiger partial charge in [-0.3, -0.25) is 24.2 Å². The Bertz CT molecular complexity index is 784. The van der Waals surface area contributed by atoms with Crippen LogP contribution in [-0.4, -0.2) is 82.8 Å². The van der Waals surface area contributed by atoms with Gasteiger partial charge in [0, 0.05) is 70.5 Å². The molecule has 3 rings (SSSR count). The SMILES string of the molecule is COc1nn(C)cc1C(=O)N1CCN(CCNC(=O)c2ccncc2)CC1. The van der Waals surface area contributed by atoms with E-state index in [1.54, 1.807) is 42.5 Å². The monoisotopic (exact) mass is 372 g/mol. The van der Waals surface area contributed by atoms with E-state index in [1.165, 1.54) is 7.11 Å². The number of pyridine rings is 1. The second-order valence-corrected chi connectivity index (χ2v) is 6.35. The first kappa shape index (κ1) is 18.8. The molecular weight excluding hydrogens is 348 g/mol. The lowest BCUT2D eigenvalue weighted by Crippen LogP contribution is -2.50. The topological polar surface area (TPSA) is 92.6 Å². The maximum absolute atomic E-state index is 12.7. The van der Waals surface area contributed by atoms with Crippen molar-refractivity contribution < 1.29 is 14.3 Å². The van der Waals surface area contributed by atoms with Gasteiger partial charge in [0.1, 0.15) is 5.56 Å². The number of carbonyl (C=O) groups excluding carboxylic acids is 2. The summed E-state index contributed by atoms with van der Waals surface area (Å²) in [7, 11) is 3.27. The number of carbonyl (C=O) groups is 2. The van der Waals surface area contributed by atoms with E-state index >= 15 is 0 Å². The number of hydrogen-bond donors (Lipinski definition) is 1. The summed E-state index contributed by atoms with van der Waals surface area (Å²) in [5, 5.41) is 7.04. The fraction of sp³-hybridized carbons (Fsp3) is 0.444. The molecule has 0 aromatic carbocycles. The molecule has 27 heavy (non-hydrogen) atoms. The zero-order valence-electron chi connectivity index (χ0n) is 15.6. The Hall–Kier alpha value is -2.94. The molecule has 0 saturated carbocycles. The molecule has 0 bridgehead atoms. The number of nitrogens with one attached hydrogen (secondary N) is 1. The average molecular weight is 372 g/mol. The molecule has 1 aliphatic heterocycles. The average Bonchev–Trinajstić information content (AvgIpc) is 3.09. The van der Waals surface area contributed by atoms with Crippen LogP contribution in [0.25, 0.3) is 0 Å². The Morgan fingerprint density at radius 1 is 1.19 bits per heavy atom. The van der Waals surface area contributed by atoms with Gasteiger partial charge >= 0.3 is 0 Å². The molecule has 9 heteroatoms. The lowest BCUT2D eigenvalue weighted by molar-refractivity contribution is 0.0635. The van der Waals surface area contributed by atoms with Crippen LogP contribution in [0.5, 0.6) is 5.88 Å². The van der Waals surface area contributed by atoms with Crippen molar-refractivity contribution in [3.63, 3.8) is 0 Å². The molecule has 0 unspecified atom stereocenters. The molecule has 0 radical (unpaired) electrons. The van der Waals surface area contributed by atoms with Gasteiger partial charge in [0.2, 0.25) is 5.88 Å². The highest BCUT2D eigenvalue weighted by Crippen LogP contribution is 2.18. The molecule has 144 valence electrons. The van der Waals surface area contributed by atoms with Gasteiger partial charge in [0.05, 0.1) is 7.11 Å².